The lowest BCUT2D eigenvalue weighted by molar-refractivity contribution is -0.123. The summed E-state index contributed by atoms with van der Waals surface area (Å²) >= 11 is 1.61. The minimum absolute atomic E-state index is 0.131. The van der Waals surface area contributed by atoms with E-state index in [0.29, 0.717) is 12.0 Å². The van der Waals surface area contributed by atoms with Gasteiger partial charge in [-0.05, 0) is 37.5 Å². The Labute approximate surface area is 129 Å². The molecule has 0 unspecified atom stereocenters. The van der Waals surface area contributed by atoms with Crippen molar-refractivity contribution in [2.45, 2.75) is 25.4 Å². The molecule has 0 bridgehead atoms. The standard InChI is InChI=1S/C15H22N2O3S/c1-11(10-18)16-15(20)13(8-9-21-2)17-14(19)12-6-4-3-5-7-12/h3-7,11,13,18H,8-10H2,1-2H3,(H,16,20)(H,17,19)/t11-,13+/m1/s1. The molecule has 2 atom stereocenters. The molecular formula is C15H22N2O3S. The van der Waals surface area contributed by atoms with Crippen molar-refractivity contribution in [2.24, 2.45) is 0 Å². The van der Waals surface area contributed by atoms with Crippen LogP contribution in [0.4, 0.5) is 0 Å². The molecule has 1 rings (SSSR count). The van der Waals surface area contributed by atoms with E-state index in [2.05, 4.69) is 10.6 Å². The molecule has 0 radical (unpaired) electrons. The number of amides is 2. The third kappa shape index (κ3) is 6.18. The van der Waals surface area contributed by atoms with Gasteiger partial charge in [0, 0.05) is 11.6 Å². The highest BCUT2D eigenvalue weighted by molar-refractivity contribution is 7.98. The molecule has 6 heteroatoms. The highest BCUT2D eigenvalue weighted by atomic mass is 32.2. The van der Waals surface area contributed by atoms with Crippen molar-refractivity contribution in [1.29, 1.82) is 0 Å². The Morgan fingerprint density at radius 3 is 2.48 bits per heavy atom. The van der Waals surface area contributed by atoms with Gasteiger partial charge in [-0.3, -0.25) is 9.59 Å². The van der Waals surface area contributed by atoms with Gasteiger partial charge < -0.3 is 15.7 Å². The number of carbonyl (C=O) groups is 2. The number of aliphatic hydroxyl groups is 1. The molecule has 1 aromatic carbocycles. The Balaban J connectivity index is 2.69. The number of hydrogen-bond donors (Lipinski definition) is 3. The Bertz CT molecular complexity index is 453. The van der Waals surface area contributed by atoms with Crippen molar-refractivity contribution < 1.29 is 14.7 Å². The van der Waals surface area contributed by atoms with Crippen LogP contribution in [0, 0.1) is 0 Å². The molecule has 0 aliphatic rings. The van der Waals surface area contributed by atoms with Crippen LogP contribution in [-0.2, 0) is 4.79 Å². The molecule has 0 fully saturated rings. The van der Waals surface area contributed by atoms with Gasteiger partial charge >= 0.3 is 0 Å². The number of hydrogen-bond acceptors (Lipinski definition) is 4. The van der Waals surface area contributed by atoms with Gasteiger partial charge in [0.1, 0.15) is 6.04 Å². The average molecular weight is 310 g/mol. The second-order valence-electron chi connectivity index (χ2n) is 4.77. The fourth-order valence-electron chi connectivity index (χ4n) is 1.72. The summed E-state index contributed by atoms with van der Waals surface area (Å²) in [7, 11) is 0. The van der Waals surface area contributed by atoms with Gasteiger partial charge in [-0.15, -0.1) is 0 Å². The maximum absolute atomic E-state index is 12.1. The quantitative estimate of drug-likeness (QED) is 0.670. The van der Waals surface area contributed by atoms with E-state index < -0.39 is 6.04 Å². The summed E-state index contributed by atoms with van der Waals surface area (Å²) < 4.78 is 0. The average Bonchev–Trinajstić information content (AvgIpc) is 2.51. The molecule has 0 aliphatic heterocycles. The van der Waals surface area contributed by atoms with Crippen molar-refractivity contribution >= 4 is 23.6 Å². The Morgan fingerprint density at radius 2 is 1.90 bits per heavy atom. The first-order valence-corrected chi connectivity index (χ1v) is 8.24. The fourth-order valence-corrected chi connectivity index (χ4v) is 2.20. The Hall–Kier alpha value is -1.53. The van der Waals surface area contributed by atoms with E-state index in [9.17, 15) is 9.59 Å². The molecule has 3 N–H and O–H groups in total. The van der Waals surface area contributed by atoms with Crippen molar-refractivity contribution in [3.8, 4) is 0 Å². The van der Waals surface area contributed by atoms with Gasteiger partial charge in [0.05, 0.1) is 6.61 Å². The number of nitrogens with one attached hydrogen (secondary N) is 2. The van der Waals surface area contributed by atoms with Crippen LogP contribution < -0.4 is 10.6 Å². The Kier molecular flexibility index (Phi) is 7.85. The molecule has 5 nitrogen and oxygen atoms in total. The van der Waals surface area contributed by atoms with E-state index in [4.69, 9.17) is 5.11 Å². The zero-order chi connectivity index (χ0) is 15.7. The van der Waals surface area contributed by atoms with Gasteiger partial charge in [0.2, 0.25) is 5.91 Å². The van der Waals surface area contributed by atoms with Crippen LogP contribution in [0.25, 0.3) is 0 Å². The first-order chi connectivity index (χ1) is 10.1. The normalized spacial score (nSPS) is 13.3. The van der Waals surface area contributed by atoms with E-state index in [-0.39, 0.29) is 24.5 Å². The third-order valence-corrected chi connectivity index (χ3v) is 3.57. The van der Waals surface area contributed by atoms with Crippen LogP contribution in [0.5, 0.6) is 0 Å². The molecule has 0 aliphatic carbocycles. The van der Waals surface area contributed by atoms with Crippen LogP contribution in [0.3, 0.4) is 0 Å². The van der Waals surface area contributed by atoms with Crippen LogP contribution in [0.1, 0.15) is 23.7 Å². The van der Waals surface area contributed by atoms with Gasteiger partial charge in [0.15, 0.2) is 0 Å². The molecule has 0 aromatic heterocycles. The summed E-state index contributed by atoms with van der Waals surface area (Å²) in [6, 6.07) is 7.86. The lowest BCUT2D eigenvalue weighted by atomic mass is 10.1. The van der Waals surface area contributed by atoms with Gasteiger partial charge in [-0.1, -0.05) is 18.2 Å². The second-order valence-corrected chi connectivity index (χ2v) is 5.75. The van der Waals surface area contributed by atoms with Crippen LogP contribution in [0.2, 0.25) is 0 Å². The van der Waals surface area contributed by atoms with E-state index >= 15 is 0 Å². The van der Waals surface area contributed by atoms with Crippen molar-refractivity contribution in [3.05, 3.63) is 35.9 Å². The number of carbonyl (C=O) groups excluding carboxylic acids is 2. The van der Waals surface area contributed by atoms with Gasteiger partial charge in [-0.25, -0.2) is 0 Å². The zero-order valence-electron chi connectivity index (χ0n) is 12.3. The lowest BCUT2D eigenvalue weighted by Crippen LogP contribution is -2.50. The van der Waals surface area contributed by atoms with Crippen molar-refractivity contribution in [2.75, 3.05) is 18.6 Å². The van der Waals surface area contributed by atoms with E-state index in [1.807, 2.05) is 12.3 Å². The summed E-state index contributed by atoms with van der Waals surface area (Å²) in [4.78, 5) is 24.3. The van der Waals surface area contributed by atoms with Crippen molar-refractivity contribution in [1.82, 2.24) is 10.6 Å². The largest absolute Gasteiger partial charge is 0.394 e. The Morgan fingerprint density at radius 1 is 1.24 bits per heavy atom. The topological polar surface area (TPSA) is 78.4 Å². The molecule has 2 amide bonds. The predicted octanol–water partition coefficient (Wildman–Crippen LogP) is 1.04. The molecule has 0 spiro atoms. The van der Waals surface area contributed by atoms with E-state index in [1.165, 1.54) is 0 Å². The molecule has 1 aromatic rings. The monoisotopic (exact) mass is 310 g/mol. The molecule has 0 heterocycles. The van der Waals surface area contributed by atoms with Gasteiger partial charge in [-0.2, -0.15) is 11.8 Å². The number of aliphatic hydroxyl groups excluding tert-OH is 1. The lowest BCUT2D eigenvalue weighted by Gasteiger charge is -2.20. The molecular weight excluding hydrogens is 288 g/mol. The minimum Gasteiger partial charge on any atom is -0.394 e. The smallest absolute Gasteiger partial charge is 0.251 e. The molecule has 0 saturated carbocycles. The molecule has 116 valence electrons. The van der Waals surface area contributed by atoms with Gasteiger partial charge in [0.25, 0.3) is 5.91 Å². The van der Waals surface area contributed by atoms with Crippen LogP contribution in [-0.4, -0.2) is 47.6 Å². The zero-order valence-corrected chi connectivity index (χ0v) is 13.2. The minimum atomic E-state index is -0.598. The molecule has 21 heavy (non-hydrogen) atoms. The maximum Gasteiger partial charge on any atom is 0.251 e. The fraction of sp³-hybridized carbons (Fsp3) is 0.467. The summed E-state index contributed by atoms with van der Waals surface area (Å²) in [6.07, 6.45) is 2.49. The number of thioether (sulfide) groups is 1. The highest BCUT2D eigenvalue weighted by Crippen LogP contribution is 2.04. The summed E-state index contributed by atoms with van der Waals surface area (Å²) in [5.41, 5.74) is 0.523. The van der Waals surface area contributed by atoms with E-state index in [1.54, 1.807) is 43.0 Å². The first-order valence-electron chi connectivity index (χ1n) is 6.84. The predicted molar refractivity (Wildman–Crippen MR) is 85.4 cm³/mol. The number of benzene rings is 1. The second kappa shape index (κ2) is 9.41. The maximum atomic E-state index is 12.1. The number of rotatable bonds is 8. The SMILES string of the molecule is CSCC[C@H](NC(=O)c1ccccc1)C(=O)N[C@H](C)CO. The first kappa shape index (κ1) is 17.5. The summed E-state index contributed by atoms with van der Waals surface area (Å²) in [5, 5.41) is 14.4. The van der Waals surface area contributed by atoms with E-state index in [0.717, 1.165) is 5.75 Å². The molecule has 0 saturated heterocycles. The van der Waals surface area contributed by atoms with Crippen LogP contribution in [0.15, 0.2) is 30.3 Å². The summed E-state index contributed by atoms with van der Waals surface area (Å²) in [6.45, 7) is 1.58. The third-order valence-electron chi connectivity index (χ3n) is 2.93. The highest BCUT2D eigenvalue weighted by Gasteiger charge is 2.22. The van der Waals surface area contributed by atoms with Crippen molar-refractivity contribution in [3.63, 3.8) is 0 Å². The summed E-state index contributed by atoms with van der Waals surface area (Å²) in [5.74, 6) is 0.226. The van der Waals surface area contributed by atoms with Crippen LogP contribution >= 0.6 is 11.8 Å².